The highest BCUT2D eigenvalue weighted by atomic mass is 32.2. The summed E-state index contributed by atoms with van der Waals surface area (Å²) in [4.78, 5) is 12.0. The summed E-state index contributed by atoms with van der Waals surface area (Å²) in [5, 5.41) is 4.40. The average Bonchev–Trinajstić information content (AvgIpc) is 3.10. The van der Waals surface area contributed by atoms with E-state index in [1.807, 2.05) is 24.3 Å². The first-order chi connectivity index (χ1) is 14.3. The van der Waals surface area contributed by atoms with Crippen molar-refractivity contribution in [3.05, 3.63) is 66.2 Å². The van der Waals surface area contributed by atoms with Crippen LogP contribution in [0.4, 0.5) is 14.5 Å². The summed E-state index contributed by atoms with van der Waals surface area (Å²) in [6, 6.07) is 15.1. The fourth-order valence-corrected chi connectivity index (χ4v) is 3.83. The Kier molecular flexibility index (Phi) is 4.90. The summed E-state index contributed by atoms with van der Waals surface area (Å²) in [5.41, 5.74) is 1.67. The van der Waals surface area contributed by atoms with Crippen molar-refractivity contribution in [2.45, 2.75) is 10.7 Å². The number of hydrogen-bond acceptors (Lipinski definition) is 5. The Morgan fingerprint density at radius 3 is 2.37 bits per heavy atom. The van der Waals surface area contributed by atoms with Gasteiger partial charge in [-0.25, -0.2) is 8.42 Å². The number of para-hydroxylation sites is 1. The number of hydrogen-bond donors (Lipinski definition) is 1. The molecule has 0 aliphatic rings. The van der Waals surface area contributed by atoms with Gasteiger partial charge >= 0.3 is 5.76 Å². The minimum atomic E-state index is -4.72. The minimum Gasteiger partial charge on any atom is -0.495 e. The number of fused-ring (bicyclic) bond motifs is 3. The van der Waals surface area contributed by atoms with E-state index in [0.717, 1.165) is 35.0 Å². The van der Waals surface area contributed by atoms with Crippen molar-refractivity contribution >= 4 is 43.4 Å². The van der Waals surface area contributed by atoms with Crippen molar-refractivity contribution in [2.24, 2.45) is 0 Å². The third-order valence-corrected chi connectivity index (χ3v) is 6.03. The van der Waals surface area contributed by atoms with E-state index in [2.05, 4.69) is 5.32 Å². The van der Waals surface area contributed by atoms with Crippen LogP contribution in [0.3, 0.4) is 0 Å². The van der Waals surface area contributed by atoms with Crippen LogP contribution in [0.2, 0.25) is 0 Å². The molecule has 1 N–H and O–H groups in total. The molecular formula is C21H15F2NO5S. The molecule has 1 heterocycles. The summed E-state index contributed by atoms with van der Waals surface area (Å²) in [6.07, 6.45) is 0. The number of anilines is 1. The first-order valence-corrected chi connectivity index (χ1v) is 10.3. The van der Waals surface area contributed by atoms with Crippen molar-refractivity contribution in [2.75, 3.05) is 12.4 Å². The zero-order valence-corrected chi connectivity index (χ0v) is 16.4. The topological polar surface area (TPSA) is 85.6 Å². The Morgan fingerprint density at radius 1 is 1.00 bits per heavy atom. The zero-order valence-electron chi connectivity index (χ0n) is 15.6. The normalized spacial score (nSPS) is 11.9. The highest BCUT2D eigenvalue weighted by Gasteiger charge is 2.26. The van der Waals surface area contributed by atoms with Gasteiger partial charge in [0.15, 0.2) is 0 Å². The number of carbonyl (C=O) groups excluding carboxylic acids is 1. The molecule has 0 atom stereocenters. The number of methoxy groups -OCH3 is 1. The smallest absolute Gasteiger partial charge is 0.341 e. The second-order valence-electron chi connectivity index (χ2n) is 6.43. The van der Waals surface area contributed by atoms with E-state index in [-0.39, 0.29) is 5.56 Å². The van der Waals surface area contributed by atoms with Crippen LogP contribution in [-0.4, -0.2) is 27.2 Å². The van der Waals surface area contributed by atoms with Gasteiger partial charge < -0.3 is 14.5 Å². The molecule has 3 aromatic carbocycles. The summed E-state index contributed by atoms with van der Waals surface area (Å²) >= 11 is 0. The first kappa shape index (κ1) is 19.8. The predicted molar refractivity (Wildman–Crippen MR) is 108 cm³/mol. The molecule has 4 rings (SSSR count). The van der Waals surface area contributed by atoms with E-state index >= 15 is 0 Å². The monoisotopic (exact) mass is 431 g/mol. The van der Waals surface area contributed by atoms with Gasteiger partial charge in [-0.2, -0.15) is 8.78 Å². The SMILES string of the molecule is COc1cc2c(cc1NC(=O)c1ccc(S(=O)(=O)C(F)F)cc1)oc1ccccc12. The number of benzene rings is 3. The number of furan rings is 1. The molecule has 1 aromatic heterocycles. The number of rotatable bonds is 5. The van der Waals surface area contributed by atoms with Crippen molar-refractivity contribution in [3.63, 3.8) is 0 Å². The number of halogens is 2. The maximum Gasteiger partial charge on any atom is 0.341 e. The standard InChI is InChI=1S/C21H15F2NO5S/c1-28-19-10-15-14-4-2-3-5-17(14)29-18(15)11-16(19)24-20(25)12-6-8-13(9-7-12)30(26,27)21(22)23/h2-11,21H,1H3,(H,24,25). The number of carbonyl (C=O) groups is 1. The van der Waals surface area contributed by atoms with E-state index < -0.39 is 26.4 Å². The van der Waals surface area contributed by atoms with Crippen molar-refractivity contribution in [1.82, 2.24) is 0 Å². The van der Waals surface area contributed by atoms with Gasteiger partial charge in [-0.1, -0.05) is 18.2 Å². The first-order valence-electron chi connectivity index (χ1n) is 8.74. The fraction of sp³-hybridized carbons (Fsp3) is 0.0952. The molecule has 0 fully saturated rings. The van der Waals surface area contributed by atoms with E-state index in [9.17, 15) is 22.0 Å². The van der Waals surface area contributed by atoms with Gasteiger partial charge in [0.05, 0.1) is 17.7 Å². The molecule has 0 radical (unpaired) electrons. The molecule has 6 nitrogen and oxygen atoms in total. The van der Waals surface area contributed by atoms with Crippen LogP contribution in [0.25, 0.3) is 21.9 Å². The van der Waals surface area contributed by atoms with E-state index in [1.54, 1.807) is 12.1 Å². The van der Waals surface area contributed by atoms with Gasteiger partial charge in [-0.3, -0.25) is 4.79 Å². The molecule has 0 bridgehead atoms. The molecule has 0 spiro atoms. The molecular weight excluding hydrogens is 416 g/mol. The van der Waals surface area contributed by atoms with Gasteiger partial charge in [0.25, 0.3) is 5.91 Å². The predicted octanol–water partition coefficient (Wildman–Crippen LogP) is 4.84. The maximum absolute atomic E-state index is 12.6. The second kappa shape index (κ2) is 7.42. The third-order valence-electron chi connectivity index (χ3n) is 4.63. The minimum absolute atomic E-state index is 0.0926. The highest BCUT2D eigenvalue weighted by Crippen LogP contribution is 2.36. The Hall–Kier alpha value is -3.46. The molecule has 0 aliphatic carbocycles. The van der Waals surface area contributed by atoms with Crippen molar-refractivity contribution in [1.29, 1.82) is 0 Å². The summed E-state index contributed by atoms with van der Waals surface area (Å²) in [6.45, 7) is 0. The summed E-state index contributed by atoms with van der Waals surface area (Å²) in [5.74, 6) is -3.69. The molecule has 0 saturated carbocycles. The van der Waals surface area contributed by atoms with E-state index in [4.69, 9.17) is 9.15 Å². The molecule has 9 heteroatoms. The maximum atomic E-state index is 12.6. The zero-order chi connectivity index (χ0) is 21.5. The van der Waals surface area contributed by atoms with Gasteiger partial charge in [-0.15, -0.1) is 0 Å². The third kappa shape index (κ3) is 3.37. The highest BCUT2D eigenvalue weighted by molar-refractivity contribution is 7.91. The van der Waals surface area contributed by atoms with Crippen LogP contribution in [0, 0.1) is 0 Å². The van der Waals surface area contributed by atoms with Crippen LogP contribution in [0.15, 0.2) is 70.0 Å². The fourth-order valence-electron chi connectivity index (χ4n) is 3.11. The lowest BCUT2D eigenvalue weighted by atomic mass is 10.1. The quantitative estimate of drug-likeness (QED) is 0.489. The van der Waals surface area contributed by atoms with E-state index in [0.29, 0.717) is 22.6 Å². The van der Waals surface area contributed by atoms with Gasteiger partial charge in [0.2, 0.25) is 9.84 Å². The molecule has 30 heavy (non-hydrogen) atoms. The molecule has 0 aliphatic heterocycles. The van der Waals surface area contributed by atoms with Crippen LogP contribution in [0.1, 0.15) is 10.4 Å². The Morgan fingerprint density at radius 2 is 1.70 bits per heavy atom. The molecule has 4 aromatic rings. The van der Waals surface area contributed by atoms with Crippen LogP contribution in [-0.2, 0) is 9.84 Å². The van der Waals surface area contributed by atoms with Gasteiger partial charge in [0, 0.05) is 22.4 Å². The lowest BCUT2D eigenvalue weighted by Crippen LogP contribution is -2.14. The van der Waals surface area contributed by atoms with Crippen LogP contribution in [0.5, 0.6) is 5.75 Å². The van der Waals surface area contributed by atoms with Crippen molar-refractivity contribution in [3.8, 4) is 5.75 Å². The second-order valence-corrected chi connectivity index (χ2v) is 8.35. The number of nitrogens with one attached hydrogen (secondary N) is 1. The number of amides is 1. The molecule has 0 unspecified atom stereocenters. The number of ether oxygens (including phenoxy) is 1. The Balaban J connectivity index is 1.66. The molecule has 0 saturated heterocycles. The van der Waals surface area contributed by atoms with Crippen LogP contribution >= 0.6 is 0 Å². The van der Waals surface area contributed by atoms with Gasteiger partial charge in [-0.05, 0) is 36.4 Å². The molecule has 154 valence electrons. The Labute approximate surface area is 170 Å². The molecule has 1 amide bonds. The summed E-state index contributed by atoms with van der Waals surface area (Å²) in [7, 11) is -3.26. The Bertz CT molecular complexity index is 1360. The lowest BCUT2D eigenvalue weighted by Gasteiger charge is -2.11. The lowest BCUT2D eigenvalue weighted by molar-refractivity contribution is 0.102. The van der Waals surface area contributed by atoms with Gasteiger partial charge in [0.1, 0.15) is 16.9 Å². The van der Waals surface area contributed by atoms with E-state index in [1.165, 1.54) is 7.11 Å². The number of sulfone groups is 1. The number of alkyl halides is 2. The largest absolute Gasteiger partial charge is 0.495 e. The van der Waals surface area contributed by atoms with Crippen LogP contribution < -0.4 is 10.1 Å². The van der Waals surface area contributed by atoms with Crippen molar-refractivity contribution < 1.29 is 31.1 Å². The summed E-state index contributed by atoms with van der Waals surface area (Å²) < 4.78 is 59.5. The average molecular weight is 431 g/mol.